The van der Waals surface area contributed by atoms with Gasteiger partial charge in [0.25, 0.3) is 0 Å². The summed E-state index contributed by atoms with van der Waals surface area (Å²) in [4.78, 5) is 9.77. The van der Waals surface area contributed by atoms with E-state index in [0.717, 1.165) is 51.4 Å². The van der Waals surface area contributed by atoms with Crippen molar-refractivity contribution in [3.63, 3.8) is 0 Å². The molecule has 0 saturated carbocycles. The summed E-state index contributed by atoms with van der Waals surface area (Å²) in [5.74, 6) is 0.687. The van der Waals surface area contributed by atoms with E-state index in [-0.39, 0.29) is 51.3 Å². The minimum Gasteiger partial charge on any atom is -1.00 e. The molecule has 0 aliphatic carbocycles. The van der Waals surface area contributed by atoms with Crippen LogP contribution in [0, 0.1) is 11.8 Å². The first-order valence-electron chi connectivity index (χ1n) is 8.60. The summed E-state index contributed by atoms with van der Waals surface area (Å²) in [5, 5.41) is 0. The fourth-order valence-corrected chi connectivity index (χ4v) is 3.11. The molecule has 2 atom stereocenters. The Labute approximate surface area is 180 Å². The molecule has 0 aromatic carbocycles. The molecule has 132 valence electrons. The zero-order valence-corrected chi connectivity index (χ0v) is 19.2. The third-order valence-corrected chi connectivity index (χ3v) is 4.98. The fraction of sp³-hybridized carbons (Fsp3) is 1.00. The first kappa shape index (κ1) is 29.5. The normalized spacial score (nSPS) is 15.9. The van der Waals surface area contributed by atoms with E-state index in [1.807, 2.05) is 0 Å². The number of unbranched alkanes of at least 4 members (excludes halogenated alkanes) is 2. The molecule has 0 bridgehead atoms. The maximum absolute atomic E-state index is 11.9. The fourth-order valence-electron chi connectivity index (χ4n) is 2.23. The monoisotopic (exact) mass is 354 g/mol. The molecule has 2 unspecified atom stereocenters. The Hall–Kier alpha value is 1.71. The Kier molecular flexibility index (Phi) is 23.7. The first-order chi connectivity index (χ1) is 9.99. The largest absolute Gasteiger partial charge is 1.00 e. The number of hydrogen-bond donors (Lipinski definition) is 1. The minimum absolute atomic E-state index is 0. The van der Waals surface area contributed by atoms with E-state index in [2.05, 4.69) is 27.7 Å². The Morgan fingerprint density at radius 2 is 1.26 bits per heavy atom. The molecule has 0 spiro atoms. The number of rotatable bonds is 14. The van der Waals surface area contributed by atoms with Gasteiger partial charge in [0.05, 0.1) is 13.2 Å². The van der Waals surface area contributed by atoms with Crippen molar-refractivity contribution in [2.75, 3.05) is 13.2 Å². The minimum atomic E-state index is -3.89. The summed E-state index contributed by atoms with van der Waals surface area (Å²) in [6.07, 6.45) is 8.56. The van der Waals surface area contributed by atoms with Gasteiger partial charge in [-0.15, -0.1) is 0 Å². The number of phosphoric acid groups is 1. The van der Waals surface area contributed by atoms with Gasteiger partial charge in [-0.1, -0.05) is 66.2 Å². The second-order valence-electron chi connectivity index (χ2n) is 5.89. The molecular formula is C16H37LiNaO4P. The maximum Gasteiger partial charge on any atom is 1.00 e. The van der Waals surface area contributed by atoms with Crippen LogP contribution in [0.3, 0.4) is 0 Å². The van der Waals surface area contributed by atoms with Gasteiger partial charge in [-0.25, -0.2) is 4.57 Å². The molecule has 0 aliphatic rings. The molecule has 0 heterocycles. The summed E-state index contributed by atoms with van der Waals surface area (Å²) < 4.78 is 22.2. The van der Waals surface area contributed by atoms with E-state index in [1.165, 1.54) is 0 Å². The average molecular weight is 354 g/mol. The second kappa shape index (κ2) is 18.5. The standard InChI is InChI=1S/C16H35O4P.Li.Na.2H/c1-5-9-11-15(7-3)13-19-21(17,18)20-14-16(8-4)12-10-6-2;;;;/h15-16H,5-14H2,1-4H3,(H,17,18);;;;/q;2*+1;2*-1. The van der Waals surface area contributed by atoms with Gasteiger partial charge in [0.1, 0.15) is 0 Å². The molecule has 0 radical (unpaired) electrons. The summed E-state index contributed by atoms with van der Waals surface area (Å²) >= 11 is 0. The van der Waals surface area contributed by atoms with E-state index < -0.39 is 7.82 Å². The first-order valence-corrected chi connectivity index (χ1v) is 10.1. The molecule has 0 rings (SSSR count). The van der Waals surface area contributed by atoms with Crippen LogP contribution in [0.5, 0.6) is 0 Å². The van der Waals surface area contributed by atoms with E-state index >= 15 is 0 Å². The van der Waals surface area contributed by atoms with Gasteiger partial charge in [0.15, 0.2) is 0 Å². The molecule has 0 amide bonds. The molecular weight excluding hydrogens is 317 g/mol. The molecule has 0 aliphatic heterocycles. The van der Waals surface area contributed by atoms with Crippen LogP contribution in [0.1, 0.15) is 81.9 Å². The van der Waals surface area contributed by atoms with Crippen molar-refractivity contribution in [3.05, 3.63) is 0 Å². The topological polar surface area (TPSA) is 55.8 Å². The van der Waals surface area contributed by atoms with Gasteiger partial charge in [-0.2, -0.15) is 0 Å². The van der Waals surface area contributed by atoms with Gasteiger partial charge in [-0.3, -0.25) is 9.05 Å². The van der Waals surface area contributed by atoms with E-state index in [9.17, 15) is 9.46 Å². The Bertz CT molecular complexity index is 281. The molecule has 0 aromatic heterocycles. The summed E-state index contributed by atoms with van der Waals surface area (Å²) in [7, 11) is -3.89. The van der Waals surface area contributed by atoms with Crippen molar-refractivity contribution in [1.82, 2.24) is 0 Å². The molecule has 23 heavy (non-hydrogen) atoms. The van der Waals surface area contributed by atoms with Crippen LogP contribution in [-0.2, 0) is 13.6 Å². The molecule has 0 saturated heterocycles. The second-order valence-corrected chi connectivity index (χ2v) is 7.35. The summed E-state index contributed by atoms with van der Waals surface area (Å²) in [5.41, 5.74) is 0. The molecule has 0 fully saturated rings. The Morgan fingerprint density at radius 1 is 0.913 bits per heavy atom. The van der Waals surface area contributed by atoms with E-state index in [4.69, 9.17) is 9.05 Å². The Morgan fingerprint density at radius 3 is 1.52 bits per heavy atom. The smallest absolute Gasteiger partial charge is 1.00 e. The van der Waals surface area contributed by atoms with Gasteiger partial charge in [-0.05, 0) is 24.7 Å². The van der Waals surface area contributed by atoms with Crippen molar-refractivity contribution < 1.29 is 69.8 Å². The van der Waals surface area contributed by atoms with Crippen molar-refractivity contribution >= 4 is 7.82 Å². The van der Waals surface area contributed by atoms with E-state index in [1.54, 1.807) is 0 Å². The summed E-state index contributed by atoms with van der Waals surface area (Å²) in [6.45, 7) is 9.10. The quantitative estimate of drug-likeness (QED) is 0.346. The number of hydrogen-bond acceptors (Lipinski definition) is 3. The van der Waals surface area contributed by atoms with Crippen molar-refractivity contribution in [1.29, 1.82) is 0 Å². The Balaban J connectivity index is -0.000000333. The van der Waals surface area contributed by atoms with Crippen LogP contribution in [0.2, 0.25) is 0 Å². The van der Waals surface area contributed by atoms with Crippen molar-refractivity contribution in [2.45, 2.75) is 79.1 Å². The molecule has 7 heteroatoms. The maximum atomic E-state index is 11.9. The summed E-state index contributed by atoms with van der Waals surface area (Å²) in [6, 6.07) is 0. The number of phosphoric ester groups is 1. The SMILES string of the molecule is CCCCC(CC)COP(=O)(O)OCC(CC)CCCC.[H-].[H-].[Li+].[Na+]. The third-order valence-electron chi connectivity index (χ3n) is 4.03. The van der Waals surface area contributed by atoms with Crippen molar-refractivity contribution in [2.24, 2.45) is 11.8 Å². The predicted octanol–water partition coefficient (Wildman–Crippen LogP) is -0.214. The molecule has 0 aromatic rings. The average Bonchev–Trinajstić information content (AvgIpc) is 2.47. The van der Waals surface area contributed by atoms with Gasteiger partial charge >= 0.3 is 56.2 Å². The van der Waals surface area contributed by atoms with Crippen LogP contribution in [0.4, 0.5) is 0 Å². The zero-order valence-electron chi connectivity index (χ0n) is 18.3. The molecule has 4 nitrogen and oxygen atoms in total. The van der Waals surface area contributed by atoms with Gasteiger partial charge < -0.3 is 7.75 Å². The van der Waals surface area contributed by atoms with E-state index in [0.29, 0.717) is 25.0 Å². The third kappa shape index (κ3) is 16.9. The van der Waals surface area contributed by atoms with Crippen LogP contribution in [0.15, 0.2) is 0 Å². The molecule has 1 N–H and O–H groups in total. The van der Waals surface area contributed by atoms with Crippen LogP contribution in [0.25, 0.3) is 0 Å². The van der Waals surface area contributed by atoms with Crippen molar-refractivity contribution in [3.8, 4) is 0 Å². The predicted molar refractivity (Wildman–Crippen MR) is 90.6 cm³/mol. The van der Waals surface area contributed by atoms with Gasteiger partial charge in [0, 0.05) is 0 Å². The van der Waals surface area contributed by atoms with Crippen LogP contribution in [-0.4, -0.2) is 18.1 Å². The van der Waals surface area contributed by atoms with Crippen LogP contribution >= 0.6 is 7.82 Å². The van der Waals surface area contributed by atoms with Gasteiger partial charge in [0.2, 0.25) is 0 Å². The zero-order chi connectivity index (χ0) is 16.1. The van der Waals surface area contributed by atoms with Crippen LogP contribution < -0.4 is 48.4 Å².